The predicted octanol–water partition coefficient (Wildman–Crippen LogP) is 0.925. The van der Waals surface area contributed by atoms with Crippen LogP contribution in [-0.2, 0) is 9.84 Å². The number of aromatic hydroxyl groups is 1. The number of aliphatic hydroxyl groups is 1. The van der Waals surface area contributed by atoms with Crippen LogP contribution in [0.1, 0.15) is 12.8 Å². The zero-order valence-electron chi connectivity index (χ0n) is 8.80. The fourth-order valence-electron chi connectivity index (χ4n) is 1.79. The van der Waals surface area contributed by atoms with Crippen molar-refractivity contribution in [3.05, 3.63) is 17.2 Å². The topological polar surface area (TPSA) is 101 Å². The van der Waals surface area contributed by atoms with E-state index in [4.69, 9.17) is 22.4 Å². The number of aliphatic hydroxyl groups excluding tert-OH is 1. The van der Waals surface area contributed by atoms with Crippen molar-refractivity contribution in [2.45, 2.75) is 29.1 Å². The Bertz CT molecular complexity index is 552. The van der Waals surface area contributed by atoms with Gasteiger partial charge in [-0.15, -0.1) is 0 Å². The molecule has 0 radical (unpaired) electrons. The van der Waals surface area contributed by atoms with Gasteiger partial charge in [-0.1, -0.05) is 11.6 Å². The third kappa shape index (κ3) is 1.96. The van der Waals surface area contributed by atoms with Crippen LogP contribution in [0.25, 0.3) is 0 Å². The minimum atomic E-state index is -3.74. The van der Waals surface area contributed by atoms with E-state index >= 15 is 0 Å². The molecule has 0 unspecified atom stereocenters. The molecule has 7 heteroatoms. The lowest BCUT2D eigenvalue weighted by Crippen LogP contribution is -2.39. The number of nitrogen functional groups attached to an aromatic ring is 1. The summed E-state index contributed by atoms with van der Waals surface area (Å²) >= 11 is 5.79. The summed E-state index contributed by atoms with van der Waals surface area (Å²) in [5.74, 6) is -0.515. The Labute approximate surface area is 104 Å². The maximum Gasteiger partial charge on any atom is 0.186 e. The normalized spacial score (nSPS) is 24.4. The van der Waals surface area contributed by atoms with Gasteiger partial charge in [-0.2, -0.15) is 0 Å². The van der Waals surface area contributed by atoms with E-state index in [0.717, 1.165) is 0 Å². The fraction of sp³-hybridized carbons (Fsp3) is 0.400. The molecular weight excluding hydrogens is 266 g/mol. The molecule has 0 aliphatic heterocycles. The predicted molar refractivity (Wildman–Crippen MR) is 63.7 cm³/mol. The average molecular weight is 278 g/mol. The van der Waals surface area contributed by atoms with Crippen molar-refractivity contribution in [3.63, 3.8) is 0 Å². The lowest BCUT2D eigenvalue weighted by molar-refractivity contribution is 0.0976. The molecule has 0 saturated heterocycles. The fourth-order valence-corrected chi connectivity index (χ4v) is 4.28. The zero-order valence-corrected chi connectivity index (χ0v) is 10.4. The Morgan fingerprint density at radius 1 is 1.35 bits per heavy atom. The van der Waals surface area contributed by atoms with Gasteiger partial charge in [0, 0.05) is 0 Å². The highest BCUT2D eigenvalue weighted by Crippen LogP contribution is 2.41. The summed E-state index contributed by atoms with van der Waals surface area (Å²) in [5, 5.41) is 18.1. The smallest absolute Gasteiger partial charge is 0.186 e. The Morgan fingerprint density at radius 2 is 1.94 bits per heavy atom. The van der Waals surface area contributed by atoms with Gasteiger partial charge in [0.2, 0.25) is 0 Å². The summed E-state index contributed by atoms with van der Waals surface area (Å²) in [6, 6.07) is 2.67. The van der Waals surface area contributed by atoms with E-state index in [1.165, 1.54) is 12.1 Å². The van der Waals surface area contributed by atoms with E-state index in [9.17, 15) is 13.5 Å². The van der Waals surface area contributed by atoms with Gasteiger partial charge >= 0.3 is 0 Å². The molecule has 1 aromatic carbocycles. The van der Waals surface area contributed by atoms with Crippen molar-refractivity contribution in [3.8, 4) is 5.75 Å². The number of phenols is 1. The molecule has 0 spiro atoms. The number of sulfone groups is 1. The Morgan fingerprint density at radius 3 is 2.47 bits per heavy atom. The molecule has 1 aromatic rings. The van der Waals surface area contributed by atoms with Gasteiger partial charge < -0.3 is 15.9 Å². The summed E-state index contributed by atoms with van der Waals surface area (Å²) in [6.07, 6.45) is -0.281. The maximum absolute atomic E-state index is 12.1. The molecule has 4 N–H and O–H groups in total. The molecule has 0 bridgehead atoms. The van der Waals surface area contributed by atoms with Gasteiger partial charge in [-0.05, 0) is 25.0 Å². The first kappa shape index (κ1) is 12.5. The molecule has 94 valence electrons. The number of hydrogen-bond donors (Lipinski definition) is 3. The summed E-state index contributed by atoms with van der Waals surface area (Å²) in [7, 11) is -3.74. The molecule has 17 heavy (non-hydrogen) atoms. The standard InChI is InChI=1S/C10H12ClNO4S/c11-7-1-2-8(12)9(14)10(7)17(15,16)6-3-5(13)4-6/h1-2,5-6,13-14H,3-4,12H2. The van der Waals surface area contributed by atoms with E-state index < -0.39 is 26.9 Å². The Balaban J connectivity index is 2.50. The average Bonchev–Trinajstić information content (AvgIpc) is 2.19. The molecule has 1 aliphatic rings. The van der Waals surface area contributed by atoms with E-state index in [1.807, 2.05) is 0 Å². The minimum Gasteiger partial charge on any atom is -0.504 e. The molecule has 0 aromatic heterocycles. The van der Waals surface area contributed by atoms with Gasteiger partial charge in [-0.25, -0.2) is 8.42 Å². The SMILES string of the molecule is Nc1ccc(Cl)c(S(=O)(=O)C2CC(O)C2)c1O. The van der Waals surface area contributed by atoms with Gasteiger partial charge in [0.15, 0.2) is 15.6 Å². The molecule has 1 aliphatic carbocycles. The molecule has 2 rings (SSSR count). The highest BCUT2D eigenvalue weighted by Gasteiger charge is 2.41. The van der Waals surface area contributed by atoms with Crippen molar-refractivity contribution >= 4 is 27.1 Å². The first-order valence-corrected chi connectivity index (χ1v) is 6.95. The molecule has 0 amide bonds. The summed E-state index contributed by atoms with van der Waals surface area (Å²) in [5.41, 5.74) is 5.42. The molecule has 1 saturated carbocycles. The van der Waals surface area contributed by atoms with Crippen LogP contribution in [0.2, 0.25) is 5.02 Å². The number of rotatable bonds is 2. The molecule has 5 nitrogen and oxygen atoms in total. The van der Waals surface area contributed by atoms with Gasteiger partial charge in [0.25, 0.3) is 0 Å². The van der Waals surface area contributed by atoms with Crippen molar-refractivity contribution in [2.24, 2.45) is 0 Å². The number of phenolic OH excluding ortho intramolecular Hbond substituents is 1. The van der Waals surface area contributed by atoms with E-state index in [2.05, 4.69) is 0 Å². The van der Waals surface area contributed by atoms with Crippen LogP contribution in [0.4, 0.5) is 5.69 Å². The first-order chi connectivity index (χ1) is 7.84. The lowest BCUT2D eigenvalue weighted by Gasteiger charge is -2.31. The van der Waals surface area contributed by atoms with Crippen LogP contribution < -0.4 is 5.73 Å². The minimum absolute atomic E-state index is 0.0344. The summed E-state index contributed by atoms with van der Waals surface area (Å²) < 4.78 is 24.3. The van der Waals surface area contributed by atoms with Gasteiger partial charge in [0.05, 0.1) is 22.1 Å². The number of anilines is 1. The quantitative estimate of drug-likeness (QED) is 0.551. The summed E-state index contributed by atoms with van der Waals surface area (Å²) in [6.45, 7) is 0. The van der Waals surface area contributed by atoms with Crippen LogP contribution in [0.15, 0.2) is 17.0 Å². The van der Waals surface area contributed by atoms with Crippen LogP contribution >= 0.6 is 11.6 Å². The molecule has 1 fully saturated rings. The monoisotopic (exact) mass is 277 g/mol. The third-order valence-corrected chi connectivity index (χ3v) is 5.58. The molecular formula is C10H12ClNO4S. The molecule has 0 heterocycles. The largest absolute Gasteiger partial charge is 0.504 e. The highest BCUT2D eigenvalue weighted by molar-refractivity contribution is 7.92. The lowest BCUT2D eigenvalue weighted by atomic mass is 9.96. The number of benzene rings is 1. The Hall–Kier alpha value is -0.980. The highest BCUT2D eigenvalue weighted by atomic mass is 35.5. The van der Waals surface area contributed by atoms with Crippen molar-refractivity contribution in [1.82, 2.24) is 0 Å². The summed E-state index contributed by atoms with van der Waals surface area (Å²) in [4.78, 5) is -0.337. The van der Waals surface area contributed by atoms with Crippen LogP contribution in [-0.4, -0.2) is 30.0 Å². The van der Waals surface area contributed by atoms with Crippen LogP contribution in [0, 0.1) is 0 Å². The second kappa shape index (κ2) is 4.04. The van der Waals surface area contributed by atoms with Crippen molar-refractivity contribution in [1.29, 1.82) is 0 Å². The van der Waals surface area contributed by atoms with Crippen molar-refractivity contribution in [2.75, 3.05) is 5.73 Å². The van der Waals surface area contributed by atoms with Gasteiger partial charge in [-0.3, -0.25) is 0 Å². The van der Waals surface area contributed by atoms with Gasteiger partial charge in [0.1, 0.15) is 4.90 Å². The van der Waals surface area contributed by atoms with E-state index in [0.29, 0.717) is 0 Å². The maximum atomic E-state index is 12.1. The first-order valence-electron chi connectivity index (χ1n) is 5.03. The zero-order chi connectivity index (χ0) is 12.8. The second-order valence-corrected chi connectivity index (χ2v) is 6.68. The number of halogens is 1. The van der Waals surface area contributed by atoms with E-state index in [-0.39, 0.29) is 28.4 Å². The number of hydrogen-bond acceptors (Lipinski definition) is 5. The van der Waals surface area contributed by atoms with Crippen LogP contribution in [0.5, 0.6) is 5.75 Å². The molecule has 0 atom stereocenters. The Kier molecular flexibility index (Phi) is 2.97. The number of nitrogens with two attached hydrogens (primary N) is 1. The van der Waals surface area contributed by atoms with Crippen LogP contribution in [0.3, 0.4) is 0 Å². The van der Waals surface area contributed by atoms with Crippen molar-refractivity contribution < 1.29 is 18.6 Å². The second-order valence-electron chi connectivity index (χ2n) is 4.11. The third-order valence-electron chi connectivity index (χ3n) is 2.91. The van der Waals surface area contributed by atoms with E-state index in [1.54, 1.807) is 0 Å².